The number of aryl methyl sites for hydroxylation is 1. The molecule has 4 aromatic rings. The van der Waals surface area contributed by atoms with Crippen LogP contribution in [0.5, 0.6) is 11.5 Å². The van der Waals surface area contributed by atoms with Crippen molar-refractivity contribution < 1.29 is 14.3 Å². The van der Waals surface area contributed by atoms with E-state index in [-0.39, 0.29) is 12.5 Å². The van der Waals surface area contributed by atoms with Crippen molar-refractivity contribution in [1.29, 1.82) is 0 Å². The van der Waals surface area contributed by atoms with Crippen molar-refractivity contribution in [2.45, 2.75) is 13.8 Å². The van der Waals surface area contributed by atoms with Crippen molar-refractivity contribution in [3.05, 3.63) is 84.4 Å². The van der Waals surface area contributed by atoms with Crippen molar-refractivity contribution in [2.24, 2.45) is 0 Å². The second-order valence-corrected chi connectivity index (χ2v) is 7.15. The Morgan fingerprint density at radius 3 is 2.45 bits per heavy atom. The van der Waals surface area contributed by atoms with E-state index in [4.69, 9.17) is 14.5 Å². The second kappa shape index (κ2) is 9.30. The number of pyridine rings is 1. The van der Waals surface area contributed by atoms with Gasteiger partial charge >= 0.3 is 0 Å². The molecule has 0 fully saturated rings. The molecule has 5 heteroatoms. The zero-order valence-electron chi connectivity index (χ0n) is 17.6. The Labute approximate surface area is 181 Å². The lowest BCUT2D eigenvalue weighted by atomic mass is 10.1. The first kappa shape index (κ1) is 20.4. The predicted octanol–water partition coefficient (Wildman–Crippen LogP) is 5.63. The van der Waals surface area contributed by atoms with Gasteiger partial charge in [0.15, 0.2) is 6.61 Å². The third kappa shape index (κ3) is 4.83. The number of aromatic nitrogens is 1. The van der Waals surface area contributed by atoms with Crippen LogP contribution in [0.3, 0.4) is 0 Å². The fraction of sp³-hybridized carbons (Fsp3) is 0.154. The minimum absolute atomic E-state index is 0.123. The number of fused-ring (bicyclic) bond motifs is 1. The van der Waals surface area contributed by atoms with Gasteiger partial charge in [-0.1, -0.05) is 54.1 Å². The van der Waals surface area contributed by atoms with Crippen molar-refractivity contribution in [2.75, 3.05) is 18.5 Å². The Bertz CT molecular complexity index is 1200. The minimum atomic E-state index is -0.259. The Balaban J connectivity index is 1.56. The summed E-state index contributed by atoms with van der Waals surface area (Å²) >= 11 is 0. The van der Waals surface area contributed by atoms with Crippen LogP contribution in [-0.2, 0) is 4.79 Å². The summed E-state index contributed by atoms with van der Waals surface area (Å²) in [5, 5.41) is 3.72. The zero-order chi connectivity index (χ0) is 21.6. The van der Waals surface area contributed by atoms with Crippen LogP contribution in [0, 0.1) is 6.92 Å². The monoisotopic (exact) mass is 412 g/mol. The molecule has 0 radical (unpaired) electrons. The van der Waals surface area contributed by atoms with Crippen LogP contribution in [0.2, 0.25) is 0 Å². The highest BCUT2D eigenvalue weighted by molar-refractivity contribution is 5.94. The lowest BCUT2D eigenvalue weighted by Crippen LogP contribution is -2.20. The Kier molecular flexibility index (Phi) is 6.13. The molecule has 1 N–H and O–H groups in total. The molecule has 0 aliphatic rings. The average molecular weight is 412 g/mol. The van der Waals surface area contributed by atoms with E-state index in [0.29, 0.717) is 23.8 Å². The molecule has 0 aliphatic carbocycles. The quantitative estimate of drug-likeness (QED) is 0.428. The van der Waals surface area contributed by atoms with Gasteiger partial charge in [-0.3, -0.25) is 4.79 Å². The lowest BCUT2D eigenvalue weighted by Gasteiger charge is -2.13. The second-order valence-electron chi connectivity index (χ2n) is 7.15. The highest BCUT2D eigenvalue weighted by Crippen LogP contribution is 2.30. The summed E-state index contributed by atoms with van der Waals surface area (Å²) in [5.74, 6) is 0.994. The predicted molar refractivity (Wildman–Crippen MR) is 124 cm³/mol. The zero-order valence-corrected chi connectivity index (χ0v) is 17.6. The number of nitrogens with zero attached hydrogens (tertiary/aromatic N) is 1. The van der Waals surface area contributed by atoms with Crippen molar-refractivity contribution in [3.63, 3.8) is 0 Å². The van der Waals surface area contributed by atoms with Gasteiger partial charge in [-0.15, -0.1) is 0 Å². The summed E-state index contributed by atoms with van der Waals surface area (Å²) in [4.78, 5) is 17.3. The van der Waals surface area contributed by atoms with Gasteiger partial charge in [-0.05, 0) is 38.1 Å². The maximum absolute atomic E-state index is 12.6. The van der Waals surface area contributed by atoms with Gasteiger partial charge in [0.2, 0.25) is 0 Å². The van der Waals surface area contributed by atoms with Crippen LogP contribution >= 0.6 is 0 Å². The van der Waals surface area contributed by atoms with Gasteiger partial charge in [0.1, 0.15) is 11.5 Å². The van der Waals surface area contributed by atoms with E-state index in [1.54, 1.807) is 6.07 Å². The summed E-state index contributed by atoms with van der Waals surface area (Å²) in [7, 11) is 0. The third-order valence-corrected chi connectivity index (χ3v) is 4.85. The summed E-state index contributed by atoms with van der Waals surface area (Å²) in [5.41, 5.74) is 4.42. The van der Waals surface area contributed by atoms with Crippen LogP contribution in [0.4, 0.5) is 5.69 Å². The standard InChI is InChI=1S/C26H24N2O3/c1-3-30-24-11-7-6-10-22(24)28-26(29)17-31-25-16-23(19-14-12-18(2)13-15-19)27-21-9-5-4-8-20(21)25/h4-16H,3,17H2,1-2H3,(H,28,29). The van der Waals surface area contributed by atoms with Gasteiger partial charge in [-0.2, -0.15) is 0 Å². The molecule has 156 valence electrons. The molecule has 1 aromatic heterocycles. The molecule has 0 unspecified atom stereocenters. The number of amides is 1. The number of nitrogens with one attached hydrogen (secondary N) is 1. The maximum Gasteiger partial charge on any atom is 0.262 e. The van der Waals surface area contributed by atoms with Crippen LogP contribution < -0.4 is 14.8 Å². The van der Waals surface area contributed by atoms with Gasteiger partial charge in [-0.25, -0.2) is 4.98 Å². The third-order valence-electron chi connectivity index (χ3n) is 4.85. The highest BCUT2D eigenvalue weighted by atomic mass is 16.5. The smallest absolute Gasteiger partial charge is 0.262 e. The van der Waals surface area contributed by atoms with Crippen molar-refractivity contribution in [1.82, 2.24) is 4.98 Å². The number of carbonyl (C=O) groups is 1. The molecule has 1 heterocycles. The number of rotatable bonds is 7. The topological polar surface area (TPSA) is 60.5 Å². The largest absolute Gasteiger partial charge is 0.492 e. The van der Waals surface area contributed by atoms with Gasteiger partial charge in [0, 0.05) is 17.0 Å². The Hall–Kier alpha value is -3.86. The molecule has 3 aromatic carbocycles. The fourth-order valence-corrected chi connectivity index (χ4v) is 3.32. The van der Waals surface area contributed by atoms with Crippen LogP contribution in [0.25, 0.3) is 22.2 Å². The SMILES string of the molecule is CCOc1ccccc1NC(=O)COc1cc(-c2ccc(C)cc2)nc2ccccc12. The lowest BCUT2D eigenvalue weighted by molar-refractivity contribution is -0.118. The van der Waals surface area contributed by atoms with E-state index >= 15 is 0 Å². The summed E-state index contributed by atoms with van der Waals surface area (Å²) in [6.07, 6.45) is 0. The number of para-hydroxylation sites is 3. The number of hydrogen-bond acceptors (Lipinski definition) is 4. The van der Waals surface area contributed by atoms with Crippen molar-refractivity contribution in [3.8, 4) is 22.8 Å². The minimum Gasteiger partial charge on any atom is -0.492 e. The van der Waals surface area contributed by atoms with Gasteiger partial charge in [0.05, 0.1) is 23.5 Å². The first-order valence-electron chi connectivity index (χ1n) is 10.3. The van der Waals surface area contributed by atoms with Crippen LogP contribution in [0.15, 0.2) is 78.9 Å². The molecule has 31 heavy (non-hydrogen) atoms. The van der Waals surface area contributed by atoms with E-state index in [2.05, 4.69) is 24.4 Å². The average Bonchev–Trinajstić information content (AvgIpc) is 2.79. The Morgan fingerprint density at radius 1 is 0.903 bits per heavy atom. The van der Waals surface area contributed by atoms with E-state index in [0.717, 1.165) is 22.2 Å². The van der Waals surface area contributed by atoms with Gasteiger partial charge in [0.25, 0.3) is 5.91 Å². The summed E-state index contributed by atoms with van der Waals surface area (Å²) < 4.78 is 11.5. The first-order chi connectivity index (χ1) is 15.1. The highest BCUT2D eigenvalue weighted by Gasteiger charge is 2.12. The number of benzene rings is 3. The molecule has 0 spiro atoms. The molecule has 1 amide bonds. The van der Waals surface area contributed by atoms with Crippen LogP contribution in [-0.4, -0.2) is 24.1 Å². The van der Waals surface area contributed by atoms with Crippen LogP contribution in [0.1, 0.15) is 12.5 Å². The molecule has 5 nitrogen and oxygen atoms in total. The molecule has 0 atom stereocenters. The summed E-state index contributed by atoms with van der Waals surface area (Å²) in [6.45, 7) is 4.35. The van der Waals surface area contributed by atoms with E-state index < -0.39 is 0 Å². The first-order valence-corrected chi connectivity index (χ1v) is 10.3. The molecule has 0 aliphatic heterocycles. The van der Waals surface area contributed by atoms with Gasteiger partial charge < -0.3 is 14.8 Å². The fourth-order valence-electron chi connectivity index (χ4n) is 3.32. The Morgan fingerprint density at radius 2 is 1.65 bits per heavy atom. The molecule has 0 saturated carbocycles. The van der Waals surface area contributed by atoms with E-state index in [1.807, 2.05) is 67.6 Å². The number of ether oxygens (including phenoxy) is 2. The number of carbonyl (C=O) groups excluding carboxylic acids is 1. The molecular weight excluding hydrogens is 388 g/mol. The number of anilines is 1. The molecule has 0 bridgehead atoms. The molecular formula is C26H24N2O3. The van der Waals surface area contributed by atoms with E-state index in [9.17, 15) is 4.79 Å². The number of hydrogen-bond donors (Lipinski definition) is 1. The maximum atomic E-state index is 12.6. The van der Waals surface area contributed by atoms with Crippen molar-refractivity contribution >= 4 is 22.5 Å². The summed E-state index contributed by atoms with van der Waals surface area (Å²) in [6, 6.07) is 25.2. The molecule has 4 rings (SSSR count). The molecule has 0 saturated heterocycles. The van der Waals surface area contributed by atoms with E-state index in [1.165, 1.54) is 5.56 Å². The normalized spacial score (nSPS) is 10.6.